The van der Waals surface area contributed by atoms with Gasteiger partial charge in [0.2, 0.25) is 5.91 Å². The van der Waals surface area contributed by atoms with Crippen molar-refractivity contribution in [2.75, 3.05) is 51.4 Å². The van der Waals surface area contributed by atoms with Crippen LogP contribution >= 0.6 is 24.8 Å². The highest BCUT2D eigenvalue weighted by Crippen LogP contribution is 2.31. The highest BCUT2D eigenvalue weighted by atomic mass is 35.5. The van der Waals surface area contributed by atoms with Gasteiger partial charge in [0.1, 0.15) is 0 Å². The number of benzene rings is 1. The lowest BCUT2D eigenvalue weighted by atomic mass is 9.79. The number of anilines is 1. The van der Waals surface area contributed by atoms with E-state index in [-0.39, 0.29) is 30.7 Å². The van der Waals surface area contributed by atoms with Crippen LogP contribution in [0.2, 0.25) is 0 Å². The Kier molecular flexibility index (Phi) is 9.85. The number of nitrogens with zero attached hydrogens (tertiary/aromatic N) is 1. The molecule has 2 aliphatic rings. The summed E-state index contributed by atoms with van der Waals surface area (Å²) in [4.78, 5) is 15.0. The average molecular weight is 406 g/mol. The van der Waals surface area contributed by atoms with Crippen molar-refractivity contribution in [1.82, 2.24) is 4.90 Å². The Morgan fingerprint density at radius 1 is 1.04 bits per heavy atom. The van der Waals surface area contributed by atoms with Crippen LogP contribution in [-0.4, -0.2) is 56.9 Å². The first kappa shape index (κ1) is 23.1. The Morgan fingerprint density at radius 2 is 1.62 bits per heavy atom. The van der Waals surface area contributed by atoms with Gasteiger partial charge in [0.05, 0.1) is 18.6 Å². The number of nitrogens with one attached hydrogen (secondary N) is 1. The quantitative estimate of drug-likeness (QED) is 0.783. The molecule has 0 aliphatic carbocycles. The van der Waals surface area contributed by atoms with Gasteiger partial charge in [0.25, 0.3) is 0 Å². The minimum atomic E-state index is -0.495. The van der Waals surface area contributed by atoms with Crippen molar-refractivity contribution >= 4 is 36.4 Å². The third-order valence-electron chi connectivity index (χ3n) is 5.04. The molecule has 2 heterocycles. The minimum Gasteiger partial charge on any atom is -0.381 e. The number of amides is 1. The third kappa shape index (κ3) is 5.81. The first-order valence-electron chi connectivity index (χ1n) is 8.70. The van der Waals surface area contributed by atoms with Gasteiger partial charge in [-0.2, -0.15) is 0 Å². The van der Waals surface area contributed by atoms with Crippen LogP contribution < -0.4 is 11.1 Å². The number of morpholine rings is 1. The summed E-state index contributed by atoms with van der Waals surface area (Å²) < 4.78 is 10.7. The molecule has 0 spiro atoms. The van der Waals surface area contributed by atoms with Crippen molar-refractivity contribution in [2.24, 2.45) is 11.1 Å². The summed E-state index contributed by atoms with van der Waals surface area (Å²) in [6.45, 7) is 6.03. The van der Waals surface area contributed by atoms with Crippen LogP contribution in [0.5, 0.6) is 0 Å². The van der Waals surface area contributed by atoms with Gasteiger partial charge in [-0.05, 0) is 30.5 Å². The number of carbonyl (C=O) groups excluding carboxylic acids is 1. The van der Waals surface area contributed by atoms with E-state index < -0.39 is 5.41 Å². The van der Waals surface area contributed by atoms with Crippen LogP contribution in [0.25, 0.3) is 0 Å². The van der Waals surface area contributed by atoms with Crippen LogP contribution in [0, 0.1) is 5.41 Å². The molecule has 0 radical (unpaired) electrons. The first-order valence-corrected chi connectivity index (χ1v) is 8.70. The van der Waals surface area contributed by atoms with Crippen LogP contribution in [0.15, 0.2) is 24.3 Å². The van der Waals surface area contributed by atoms with Crippen LogP contribution in [-0.2, 0) is 20.8 Å². The molecule has 2 saturated heterocycles. The highest BCUT2D eigenvalue weighted by molar-refractivity contribution is 5.95. The molecule has 0 aromatic heterocycles. The molecular formula is C18H29Cl2N3O3. The Labute approximate surface area is 167 Å². The summed E-state index contributed by atoms with van der Waals surface area (Å²) in [6, 6.07) is 8.09. The summed E-state index contributed by atoms with van der Waals surface area (Å²) in [5.41, 5.74) is 7.46. The van der Waals surface area contributed by atoms with E-state index in [1.165, 1.54) is 5.56 Å². The number of nitrogens with two attached hydrogens (primary N) is 1. The summed E-state index contributed by atoms with van der Waals surface area (Å²) in [5, 5.41) is 3.03. The van der Waals surface area contributed by atoms with Gasteiger partial charge in [-0.3, -0.25) is 9.69 Å². The lowest BCUT2D eigenvalue weighted by Crippen LogP contribution is -2.46. The van der Waals surface area contributed by atoms with E-state index in [1.807, 2.05) is 12.1 Å². The summed E-state index contributed by atoms with van der Waals surface area (Å²) in [6.07, 6.45) is 1.37. The maximum absolute atomic E-state index is 12.7. The second-order valence-electron chi connectivity index (χ2n) is 6.64. The van der Waals surface area contributed by atoms with Crippen molar-refractivity contribution in [3.05, 3.63) is 29.8 Å². The Morgan fingerprint density at radius 3 is 2.19 bits per heavy atom. The maximum Gasteiger partial charge on any atom is 0.232 e. The maximum atomic E-state index is 12.7. The Bertz CT molecular complexity index is 545. The minimum absolute atomic E-state index is 0. The zero-order valence-corrected chi connectivity index (χ0v) is 16.6. The second-order valence-corrected chi connectivity index (χ2v) is 6.64. The van der Waals surface area contributed by atoms with E-state index in [9.17, 15) is 4.79 Å². The fraction of sp³-hybridized carbons (Fsp3) is 0.611. The van der Waals surface area contributed by atoms with E-state index in [0.29, 0.717) is 32.6 Å². The molecule has 0 atom stereocenters. The second kappa shape index (κ2) is 11.1. The molecule has 3 N–H and O–H groups in total. The Balaban J connectivity index is 0.00000169. The number of carbonyl (C=O) groups is 1. The number of rotatable bonds is 5. The van der Waals surface area contributed by atoms with Gasteiger partial charge in [-0.15, -0.1) is 24.8 Å². The smallest absolute Gasteiger partial charge is 0.232 e. The summed E-state index contributed by atoms with van der Waals surface area (Å²) in [5.74, 6) is 0.00855. The Hall–Kier alpha value is -0.890. The number of hydrogen-bond acceptors (Lipinski definition) is 5. The fourth-order valence-electron chi connectivity index (χ4n) is 3.26. The van der Waals surface area contributed by atoms with Crippen molar-refractivity contribution in [1.29, 1.82) is 0 Å². The lowest BCUT2D eigenvalue weighted by molar-refractivity contribution is -0.130. The number of hydrogen-bond donors (Lipinski definition) is 2. The molecule has 2 fully saturated rings. The van der Waals surface area contributed by atoms with Crippen molar-refractivity contribution in [3.63, 3.8) is 0 Å². The lowest BCUT2D eigenvalue weighted by Gasteiger charge is -2.34. The fourth-order valence-corrected chi connectivity index (χ4v) is 3.26. The van der Waals surface area contributed by atoms with Crippen LogP contribution in [0.4, 0.5) is 5.69 Å². The first-order chi connectivity index (χ1) is 11.7. The van der Waals surface area contributed by atoms with Gasteiger partial charge in [-0.1, -0.05) is 12.1 Å². The van der Waals surface area contributed by atoms with E-state index in [0.717, 1.165) is 38.5 Å². The molecule has 148 valence electrons. The number of halogens is 2. The molecular weight excluding hydrogens is 377 g/mol. The monoisotopic (exact) mass is 405 g/mol. The average Bonchev–Trinajstić information content (AvgIpc) is 2.64. The zero-order chi connectivity index (χ0) is 16.8. The summed E-state index contributed by atoms with van der Waals surface area (Å²) >= 11 is 0. The molecule has 0 unspecified atom stereocenters. The normalized spacial score (nSPS) is 19.7. The zero-order valence-electron chi connectivity index (χ0n) is 14.9. The molecule has 6 nitrogen and oxygen atoms in total. The van der Waals surface area contributed by atoms with Gasteiger partial charge in [0, 0.05) is 45.1 Å². The standard InChI is InChI=1S/C18H27N3O3.2ClH/c19-14-18(5-9-23-10-6-18)17(22)20-16-3-1-15(2-4-16)13-21-7-11-24-12-8-21;;/h1-4H,5-14,19H2,(H,20,22);2*1H. The SMILES string of the molecule is Cl.Cl.NCC1(C(=O)Nc2ccc(CN3CCOCC3)cc2)CCOCC1. The molecule has 2 aliphatic heterocycles. The van der Waals surface area contributed by atoms with Crippen LogP contribution in [0.1, 0.15) is 18.4 Å². The largest absolute Gasteiger partial charge is 0.381 e. The highest BCUT2D eigenvalue weighted by Gasteiger charge is 2.38. The molecule has 1 aromatic rings. The van der Waals surface area contributed by atoms with E-state index >= 15 is 0 Å². The third-order valence-corrected chi connectivity index (χ3v) is 5.04. The molecule has 8 heteroatoms. The van der Waals surface area contributed by atoms with E-state index in [4.69, 9.17) is 15.2 Å². The molecule has 26 heavy (non-hydrogen) atoms. The van der Waals surface area contributed by atoms with E-state index in [1.54, 1.807) is 0 Å². The topological polar surface area (TPSA) is 76.8 Å². The van der Waals surface area contributed by atoms with E-state index in [2.05, 4.69) is 22.3 Å². The molecule has 0 bridgehead atoms. The molecule has 1 amide bonds. The molecule has 0 saturated carbocycles. The van der Waals surface area contributed by atoms with Crippen molar-refractivity contribution in [2.45, 2.75) is 19.4 Å². The van der Waals surface area contributed by atoms with Gasteiger partial charge < -0.3 is 20.5 Å². The molecule has 3 rings (SSSR count). The molecule has 1 aromatic carbocycles. The van der Waals surface area contributed by atoms with Gasteiger partial charge in [-0.25, -0.2) is 0 Å². The van der Waals surface area contributed by atoms with Gasteiger partial charge >= 0.3 is 0 Å². The van der Waals surface area contributed by atoms with Crippen molar-refractivity contribution in [3.8, 4) is 0 Å². The van der Waals surface area contributed by atoms with Crippen LogP contribution in [0.3, 0.4) is 0 Å². The predicted molar refractivity (Wildman–Crippen MR) is 107 cm³/mol. The van der Waals surface area contributed by atoms with Crippen molar-refractivity contribution < 1.29 is 14.3 Å². The van der Waals surface area contributed by atoms with Gasteiger partial charge in [0.15, 0.2) is 0 Å². The predicted octanol–water partition coefficient (Wildman–Crippen LogP) is 2.06. The summed E-state index contributed by atoms with van der Waals surface area (Å²) in [7, 11) is 0. The number of ether oxygens (including phenoxy) is 2.